The van der Waals surface area contributed by atoms with Crippen molar-refractivity contribution in [3.63, 3.8) is 0 Å². The van der Waals surface area contributed by atoms with E-state index >= 15 is 0 Å². The van der Waals surface area contributed by atoms with Crippen LogP contribution in [0, 0.1) is 0 Å². The molecule has 0 saturated carbocycles. The van der Waals surface area contributed by atoms with E-state index in [2.05, 4.69) is 55.4 Å². The Hall–Kier alpha value is -1.59. The van der Waals surface area contributed by atoms with Crippen LogP contribution in [0.3, 0.4) is 0 Å². The summed E-state index contributed by atoms with van der Waals surface area (Å²) >= 11 is 7.27. The van der Waals surface area contributed by atoms with E-state index in [0.29, 0.717) is 0 Å². The van der Waals surface area contributed by atoms with Crippen molar-refractivity contribution in [2.45, 2.75) is 6.42 Å². The number of aromatic nitrogens is 2. The fourth-order valence-electron chi connectivity index (χ4n) is 2.84. The third-order valence-corrected chi connectivity index (χ3v) is 5.22. The van der Waals surface area contributed by atoms with E-state index in [-0.39, 0.29) is 0 Å². The number of benzene rings is 2. The summed E-state index contributed by atoms with van der Waals surface area (Å²) in [6, 6.07) is 16.4. The molecule has 2 aromatic carbocycles. The Bertz CT molecular complexity index is 787. The molecule has 1 aliphatic rings. The van der Waals surface area contributed by atoms with Crippen molar-refractivity contribution in [1.82, 2.24) is 9.78 Å². The summed E-state index contributed by atoms with van der Waals surface area (Å²) in [6.07, 6.45) is 0.996. The summed E-state index contributed by atoms with van der Waals surface area (Å²) in [5.74, 6) is 1.10. The molecule has 3 nitrogen and oxygen atoms in total. The number of rotatable bonds is 2. The molecule has 1 N–H and O–H groups in total. The van der Waals surface area contributed by atoms with E-state index in [4.69, 9.17) is 5.10 Å². The third-order valence-electron chi connectivity index (χ3n) is 3.86. The standard InChI is InChI=1S/C17H13Br2N3/c18-13-6-2-1-5-11(13)16-12-9-10-20-17(12)22(21-16)15-8-4-3-7-14(15)19/h1-8,20H,9-10H2. The average Bonchev–Trinajstić information content (AvgIpc) is 3.11. The summed E-state index contributed by atoms with van der Waals surface area (Å²) < 4.78 is 4.11. The Labute approximate surface area is 145 Å². The molecule has 0 saturated heterocycles. The van der Waals surface area contributed by atoms with E-state index in [1.165, 1.54) is 5.56 Å². The van der Waals surface area contributed by atoms with Gasteiger partial charge in [0.2, 0.25) is 0 Å². The van der Waals surface area contributed by atoms with Crippen LogP contribution in [0.15, 0.2) is 57.5 Å². The zero-order valence-corrected chi connectivity index (χ0v) is 14.9. The van der Waals surface area contributed by atoms with Gasteiger partial charge in [0.15, 0.2) is 0 Å². The zero-order valence-electron chi connectivity index (χ0n) is 11.7. The highest BCUT2D eigenvalue weighted by Gasteiger charge is 2.25. The van der Waals surface area contributed by atoms with Crippen LogP contribution < -0.4 is 5.32 Å². The van der Waals surface area contributed by atoms with Crippen molar-refractivity contribution in [2.24, 2.45) is 0 Å². The molecule has 1 aromatic heterocycles. The first-order valence-electron chi connectivity index (χ1n) is 7.11. The van der Waals surface area contributed by atoms with E-state index in [1.54, 1.807) is 0 Å². The highest BCUT2D eigenvalue weighted by Crippen LogP contribution is 2.38. The Kier molecular flexibility index (Phi) is 3.54. The van der Waals surface area contributed by atoms with Gasteiger partial charge in [0.05, 0.1) is 11.4 Å². The first-order valence-corrected chi connectivity index (χ1v) is 8.70. The molecule has 110 valence electrons. The smallest absolute Gasteiger partial charge is 0.133 e. The largest absolute Gasteiger partial charge is 0.369 e. The second-order valence-corrected chi connectivity index (χ2v) is 6.90. The van der Waals surface area contributed by atoms with Gasteiger partial charge in [0.1, 0.15) is 5.82 Å². The molecule has 0 fully saturated rings. The number of hydrogen-bond acceptors (Lipinski definition) is 2. The lowest BCUT2D eigenvalue weighted by Crippen LogP contribution is -2.04. The molecule has 22 heavy (non-hydrogen) atoms. The number of nitrogens with one attached hydrogen (secondary N) is 1. The second kappa shape index (κ2) is 5.56. The van der Waals surface area contributed by atoms with Crippen LogP contribution in [-0.2, 0) is 6.42 Å². The molecular weight excluding hydrogens is 406 g/mol. The highest BCUT2D eigenvalue weighted by atomic mass is 79.9. The third kappa shape index (κ3) is 2.20. The first-order chi connectivity index (χ1) is 10.8. The molecule has 3 aromatic rings. The second-order valence-electron chi connectivity index (χ2n) is 5.20. The van der Waals surface area contributed by atoms with Crippen molar-refractivity contribution in [3.05, 3.63) is 63.0 Å². The van der Waals surface area contributed by atoms with Crippen LogP contribution in [-0.4, -0.2) is 16.3 Å². The number of halogens is 2. The van der Waals surface area contributed by atoms with Crippen LogP contribution in [0.25, 0.3) is 16.9 Å². The van der Waals surface area contributed by atoms with Crippen LogP contribution in [0.1, 0.15) is 5.56 Å². The van der Waals surface area contributed by atoms with Gasteiger partial charge in [-0.3, -0.25) is 0 Å². The molecule has 4 rings (SSSR count). The molecule has 0 bridgehead atoms. The van der Waals surface area contributed by atoms with Gasteiger partial charge >= 0.3 is 0 Å². The number of nitrogens with zero attached hydrogens (tertiary/aromatic N) is 2. The molecule has 0 atom stereocenters. The molecular formula is C17H13Br2N3. The molecule has 2 heterocycles. The maximum atomic E-state index is 4.89. The quantitative estimate of drug-likeness (QED) is 0.632. The van der Waals surface area contributed by atoms with Gasteiger partial charge in [-0.15, -0.1) is 0 Å². The zero-order chi connectivity index (χ0) is 15.1. The molecule has 0 aliphatic carbocycles. The Morgan fingerprint density at radius 3 is 2.45 bits per heavy atom. The Morgan fingerprint density at radius 1 is 0.955 bits per heavy atom. The van der Waals surface area contributed by atoms with Crippen LogP contribution in [0.2, 0.25) is 0 Å². The van der Waals surface area contributed by atoms with Crippen LogP contribution in [0.4, 0.5) is 5.82 Å². The lowest BCUT2D eigenvalue weighted by atomic mass is 10.1. The summed E-state index contributed by atoms with van der Waals surface area (Å²) in [5, 5.41) is 8.36. The van der Waals surface area contributed by atoms with Gasteiger partial charge in [-0.1, -0.05) is 46.3 Å². The van der Waals surface area contributed by atoms with E-state index in [1.807, 2.05) is 35.0 Å². The summed E-state index contributed by atoms with van der Waals surface area (Å²) in [6.45, 7) is 0.953. The van der Waals surface area contributed by atoms with Crippen molar-refractivity contribution in [1.29, 1.82) is 0 Å². The Morgan fingerprint density at radius 2 is 1.68 bits per heavy atom. The molecule has 0 amide bonds. The molecule has 0 spiro atoms. The SMILES string of the molecule is Brc1ccccc1-c1nn(-c2ccccc2Br)c2c1CCN2. The lowest BCUT2D eigenvalue weighted by Gasteiger charge is -2.08. The van der Waals surface area contributed by atoms with E-state index < -0.39 is 0 Å². The number of anilines is 1. The van der Waals surface area contributed by atoms with Gasteiger partial charge in [-0.05, 0) is 40.5 Å². The summed E-state index contributed by atoms with van der Waals surface area (Å²) in [7, 11) is 0. The van der Waals surface area contributed by atoms with Gasteiger partial charge < -0.3 is 5.32 Å². The molecule has 1 aliphatic heterocycles. The number of hydrogen-bond donors (Lipinski definition) is 1. The summed E-state index contributed by atoms with van der Waals surface area (Å²) in [4.78, 5) is 0. The minimum atomic E-state index is 0.953. The van der Waals surface area contributed by atoms with E-state index in [0.717, 1.165) is 44.7 Å². The fraction of sp³-hybridized carbons (Fsp3) is 0.118. The average molecular weight is 419 g/mol. The van der Waals surface area contributed by atoms with Gasteiger partial charge in [0, 0.05) is 26.6 Å². The predicted molar refractivity (Wildman–Crippen MR) is 96.6 cm³/mol. The van der Waals surface area contributed by atoms with Gasteiger partial charge in [-0.25, -0.2) is 4.68 Å². The predicted octanol–water partition coefficient (Wildman–Crippen LogP) is 5.03. The fourth-order valence-corrected chi connectivity index (χ4v) is 3.77. The summed E-state index contributed by atoms with van der Waals surface area (Å²) in [5.41, 5.74) is 4.51. The van der Waals surface area contributed by atoms with Crippen LogP contribution >= 0.6 is 31.9 Å². The normalized spacial score (nSPS) is 13.0. The minimum absolute atomic E-state index is 0.953. The van der Waals surface area contributed by atoms with Crippen molar-refractivity contribution < 1.29 is 0 Å². The van der Waals surface area contributed by atoms with Crippen molar-refractivity contribution in [3.8, 4) is 16.9 Å². The van der Waals surface area contributed by atoms with Crippen molar-refractivity contribution >= 4 is 37.7 Å². The maximum Gasteiger partial charge on any atom is 0.133 e. The maximum absolute atomic E-state index is 4.89. The number of fused-ring (bicyclic) bond motifs is 1. The first kappa shape index (κ1) is 14.0. The molecule has 5 heteroatoms. The Balaban J connectivity index is 1.95. The number of para-hydroxylation sites is 1. The van der Waals surface area contributed by atoms with Crippen LogP contribution in [0.5, 0.6) is 0 Å². The van der Waals surface area contributed by atoms with Gasteiger partial charge in [0.25, 0.3) is 0 Å². The van der Waals surface area contributed by atoms with E-state index in [9.17, 15) is 0 Å². The lowest BCUT2D eigenvalue weighted by molar-refractivity contribution is 0.878. The van der Waals surface area contributed by atoms with Crippen molar-refractivity contribution in [2.75, 3.05) is 11.9 Å². The highest BCUT2D eigenvalue weighted by molar-refractivity contribution is 9.11. The minimum Gasteiger partial charge on any atom is -0.369 e. The molecule has 0 radical (unpaired) electrons. The topological polar surface area (TPSA) is 29.9 Å². The van der Waals surface area contributed by atoms with Gasteiger partial charge in [-0.2, -0.15) is 5.10 Å². The molecule has 0 unspecified atom stereocenters. The monoisotopic (exact) mass is 417 g/mol.